The van der Waals surface area contributed by atoms with E-state index in [1.807, 2.05) is 6.07 Å². The Morgan fingerprint density at radius 1 is 1.37 bits per heavy atom. The fourth-order valence-corrected chi connectivity index (χ4v) is 3.93. The Bertz CT molecular complexity index is 367. The van der Waals surface area contributed by atoms with Crippen molar-refractivity contribution in [1.82, 2.24) is 10.2 Å². The normalized spacial score (nSPS) is 21.5. The Balaban J connectivity index is 1.68. The molecule has 2 nitrogen and oxygen atoms in total. The summed E-state index contributed by atoms with van der Waals surface area (Å²) in [5.74, 6) is 0. The minimum atomic E-state index is 0.806. The molecule has 2 heterocycles. The van der Waals surface area contributed by atoms with Crippen LogP contribution in [0.5, 0.6) is 0 Å². The molecule has 1 saturated heterocycles. The summed E-state index contributed by atoms with van der Waals surface area (Å²) in [5.41, 5.74) is 0. The van der Waals surface area contributed by atoms with E-state index in [1.54, 1.807) is 11.3 Å². The highest BCUT2D eigenvalue weighted by molar-refractivity contribution is 7.16. The molecule has 1 unspecified atom stereocenters. The molecule has 0 saturated carbocycles. The first-order chi connectivity index (χ1) is 9.29. The molecular weight excluding hydrogens is 276 g/mol. The largest absolute Gasteiger partial charge is 0.311 e. The van der Waals surface area contributed by atoms with Crippen LogP contribution < -0.4 is 5.32 Å². The van der Waals surface area contributed by atoms with Gasteiger partial charge >= 0.3 is 0 Å². The van der Waals surface area contributed by atoms with Crippen molar-refractivity contribution >= 4 is 22.9 Å². The number of halogens is 1. The molecule has 0 aliphatic carbocycles. The molecule has 19 heavy (non-hydrogen) atoms. The molecule has 1 fully saturated rings. The zero-order valence-electron chi connectivity index (χ0n) is 11.8. The third-order valence-corrected chi connectivity index (χ3v) is 5.21. The average molecular weight is 301 g/mol. The smallest absolute Gasteiger partial charge is 0.0931 e. The van der Waals surface area contributed by atoms with Gasteiger partial charge in [0.25, 0.3) is 0 Å². The molecule has 108 valence electrons. The monoisotopic (exact) mass is 300 g/mol. The van der Waals surface area contributed by atoms with Gasteiger partial charge < -0.3 is 5.32 Å². The molecule has 0 spiro atoms. The van der Waals surface area contributed by atoms with Gasteiger partial charge in [-0.25, -0.2) is 0 Å². The van der Waals surface area contributed by atoms with Crippen molar-refractivity contribution in [3.63, 3.8) is 0 Å². The number of nitrogens with one attached hydrogen (secondary N) is 1. The van der Waals surface area contributed by atoms with Gasteiger partial charge in [0.15, 0.2) is 0 Å². The highest BCUT2D eigenvalue weighted by atomic mass is 35.5. The number of hydrogen-bond donors (Lipinski definition) is 1. The van der Waals surface area contributed by atoms with E-state index in [9.17, 15) is 0 Å². The molecule has 2 rings (SSSR count). The van der Waals surface area contributed by atoms with Crippen molar-refractivity contribution in [2.24, 2.45) is 0 Å². The summed E-state index contributed by atoms with van der Waals surface area (Å²) in [6.07, 6.45) is 6.87. The van der Waals surface area contributed by atoms with Crippen LogP contribution in [0.2, 0.25) is 4.34 Å². The van der Waals surface area contributed by atoms with E-state index in [2.05, 4.69) is 23.2 Å². The van der Waals surface area contributed by atoms with Gasteiger partial charge in [-0.15, -0.1) is 11.3 Å². The molecule has 1 aromatic heterocycles. The second kappa shape index (κ2) is 8.25. The van der Waals surface area contributed by atoms with Gasteiger partial charge in [0.05, 0.1) is 4.34 Å². The van der Waals surface area contributed by atoms with E-state index in [0.29, 0.717) is 0 Å². The molecule has 1 atom stereocenters. The van der Waals surface area contributed by atoms with Gasteiger partial charge in [-0.05, 0) is 37.9 Å². The van der Waals surface area contributed by atoms with E-state index in [0.717, 1.165) is 23.5 Å². The summed E-state index contributed by atoms with van der Waals surface area (Å²) >= 11 is 7.60. The highest BCUT2D eigenvalue weighted by Crippen LogP contribution is 2.21. The van der Waals surface area contributed by atoms with Crippen molar-refractivity contribution < 1.29 is 0 Å². The minimum absolute atomic E-state index is 0.806. The molecular formula is C15H25ClN2S. The number of rotatable bonds is 6. The van der Waals surface area contributed by atoms with Crippen LogP contribution >= 0.6 is 22.9 Å². The summed E-state index contributed by atoms with van der Waals surface area (Å²) in [4.78, 5) is 4.01. The SMILES string of the molecule is CCC1CCCCCN1CCNCc1ccc(Cl)s1. The lowest BCUT2D eigenvalue weighted by Crippen LogP contribution is -2.39. The van der Waals surface area contributed by atoms with Gasteiger partial charge in [-0.2, -0.15) is 0 Å². The van der Waals surface area contributed by atoms with Gasteiger partial charge in [0, 0.05) is 30.6 Å². The summed E-state index contributed by atoms with van der Waals surface area (Å²) in [7, 11) is 0. The zero-order chi connectivity index (χ0) is 13.5. The number of likely N-dealkylation sites (tertiary alicyclic amines) is 1. The zero-order valence-corrected chi connectivity index (χ0v) is 13.4. The lowest BCUT2D eigenvalue weighted by atomic mass is 10.1. The van der Waals surface area contributed by atoms with E-state index in [1.165, 1.54) is 50.1 Å². The first kappa shape index (κ1) is 15.3. The summed E-state index contributed by atoms with van der Waals surface area (Å²) in [5, 5.41) is 3.54. The fraction of sp³-hybridized carbons (Fsp3) is 0.733. The molecule has 0 radical (unpaired) electrons. The molecule has 1 aliphatic heterocycles. The molecule has 4 heteroatoms. The maximum Gasteiger partial charge on any atom is 0.0931 e. The maximum atomic E-state index is 5.93. The summed E-state index contributed by atoms with van der Waals surface area (Å²) in [6, 6.07) is 4.90. The predicted octanol–water partition coefficient (Wildman–Crippen LogP) is 4.15. The quantitative estimate of drug-likeness (QED) is 0.794. The highest BCUT2D eigenvalue weighted by Gasteiger charge is 2.18. The van der Waals surface area contributed by atoms with E-state index in [-0.39, 0.29) is 0 Å². The number of hydrogen-bond acceptors (Lipinski definition) is 3. The molecule has 1 aromatic rings. The molecule has 0 aromatic carbocycles. The van der Waals surface area contributed by atoms with Crippen molar-refractivity contribution in [3.8, 4) is 0 Å². The third-order valence-electron chi connectivity index (χ3n) is 3.97. The third kappa shape index (κ3) is 5.07. The summed E-state index contributed by atoms with van der Waals surface area (Å²) < 4.78 is 0.885. The standard InChI is InChI=1S/C15H25ClN2S/c1-2-13-6-4-3-5-10-18(13)11-9-17-12-14-7-8-15(16)19-14/h7-8,13,17H,2-6,9-12H2,1H3. The van der Waals surface area contributed by atoms with Crippen LogP contribution in [0.15, 0.2) is 12.1 Å². The van der Waals surface area contributed by atoms with E-state index < -0.39 is 0 Å². The van der Waals surface area contributed by atoms with Crippen LogP contribution in [-0.2, 0) is 6.54 Å². The van der Waals surface area contributed by atoms with Crippen molar-refractivity contribution in [2.45, 2.75) is 51.6 Å². The van der Waals surface area contributed by atoms with Crippen molar-refractivity contribution in [1.29, 1.82) is 0 Å². The van der Waals surface area contributed by atoms with Crippen LogP contribution in [0.3, 0.4) is 0 Å². The second-order valence-electron chi connectivity index (χ2n) is 5.33. The van der Waals surface area contributed by atoms with Crippen molar-refractivity contribution in [2.75, 3.05) is 19.6 Å². The van der Waals surface area contributed by atoms with Crippen LogP contribution in [0.25, 0.3) is 0 Å². The second-order valence-corrected chi connectivity index (χ2v) is 7.13. The van der Waals surface area contributed by atoms with Gasteiger partial charge in [-0.1, -0.05) is 31.4 Å². The van der Waals surface area contributed by atoms with Crippen LogP contribution in [-0.4, -0.2) is 30.6 Å². The fourth-order valence-electron chi connectivity index (χ4n) is 2.87. The molecule has 0 amide bonds. The average Bonchev–Trinajstić information content (AvgIpc) is 2.70. The van der Waals surface area contributed by atoms with Crippen LogP contribution in [0.1, 0.15) is 43.9 Å². The van der Waals surface area contributed by atoms with E-state index >= 15 is 0 Å². The van der Waals surface area contributed by atoms with Gasteiger partial charge in [0.1, 0.15) is 0 Å². The molecule has 1 aliphatic rings. The Morgan fingerprint density at radius 2 is 2.26 bits per heavy atom. The molecule has 1 N–H and O–H groups in total. The van der Waals surface area contributed by atoms with Crippen LogP contribution in [0.4, 0.5) is 0 Å². The number of thiophene rings is 1. The summed E-state index contributed by atoms with van der Waals surface area (Å²) in [6.45, 7) is 6.81. The lowest BCUT2D eigenvalue weighted by molar-refractivity contribution is 0.195. The molecule has 0 bridgehead atoms. The van der Waals surface area contributed by atoms with Gasteiger partial charge in [-0.3, -0.25) is 4.90 Å². The van der Waals surface area contributed by atoms with E-state index in [4.69, 9.17) is 11.6 Å². The predicted molar refractivity (Wildman–Crippen MR) is 85.2 cm³/mol. The van der Waals surface area contributed by atoms with Gasteiger partial charge in [0.2, 0.25) is 0 Å². The topological polar surface area (TPSA) is 15.3 Å². The number of nitrogens with zero attached hydrogens (tertiary/aromatic N) is 1. The Labute approximate surface area is 126 Å². The Kier molecular flexibility index (Phi) is 6.65. The minimum Gasteiger partial charge on any atom is -0.311 e. The first-order valence-electron chi connectivity index (χ1n) is 7.48. The maximum absolute atomic E-state index is 5.93. The Hall–Kier alpha value is -0.0900. The lowest BCUT2D eigenvalue weighted by Gasteiger charge is -2.29. The Morgan fingerprint density at radius 3 is 3.00 bits per heavy atom. The van der Waals surface area contributed by atoms with Crippen LogP contribution in [0, 0.1) is 0 Å². The first-order valence-corrected chi connectivity index (χ1v) is 8.68. The van der Waals surface area contributed by atoms with Crippen molar-refractivity contribution in [3.05, 3.63) is 21.3 Å².